The Hall–Kier alpha value is -3.61. The van der Waals surface area contributed by atoms with Crippen molar-refractivity contribution in [2.75, 3.05) is 5.32 Å². The summed E-state index contributed by atoms with van der Waals surface area (Å²) in [5.74, 6) is -0.145. The average molecular weight is 365 g/mol. The van der Waals surface area contributed by atoms with E-state index in [4.69, 9.17) is 4.42 Å². The van der Waals surface area contributed by atoms with Crippen LogP contribution in [-0.4, -0.2) is 16.8 Å². The van der Waals surface area contributed by atoms with Gasteiger partial charge in [-0.1, -0.05) is 12.1 Å². The zero-order valence-electron chi connectivity index (χ0n) is 14.9. The second kappa shape index (κ2) is 7.74. The zero-order chi connectivity index (χ0) is 19.4. The SMILES string of the molecule is CC(=O)Nc1cccc(C(C)NC(=O)c2ccc(-c3ccco3)[nH]c2=O)c1. The maximum Gasteiger partial charge on any atom is 0.261 e. The van der Waals surface area contributed by atoms with Gasteiger partial charge in [0.05, 0.1) is 18.0 Å². The molecular formula is C20H19N3O4. The normalized spacial score (nSPS) is 11.6. The third-order valence-corrected chi connectivity index (χ3v) is 4.00. The van der Waals surface area contributed by atoms with Gasteiger partial charge in [0.2, 0.25) is 5.91 Å². The number of hydrogen-bond donors (Lipinski definition) is 3. The van der Waals surface area contributed by atoms with Crippen molar-refractivity contribution in [2.45, 2.75) is 19.9 Å². The molecule has 0 radical (unpaired) electrons. The number of nitrogens with one attached hydrogen (secondary N) is 3. The van der Waals surface area contributed by atoms with E-state index < -0.39 is 11.5 Å². The number of anilines is 1. The number of rotatable bonds is 5. The quantitative estimate of drug-likeness (QED) is 0.646. The Kier molecular flexibility index (Phi) is 5.21. The number of H-pyrrole nitrogens is 1. The minimum absolute atomic E-state index is 0.00942. The van der Waals surface area contributed by atoms with E-state index in [0.29, 0.717) is 17.1 Å². The lowest BCUT2D eigenvalue weighted by molar-refractivity contribution is -0.114. The lowest BCUT2D eigenvalue weighted by Gasteiger charge is -2.15. The van der Waals surface area contributed by atoms with Crippen molar-refractivity contribution >= 4 is 17.5 Å². The third kappa shape index (κ3) is 4.33. The van der Waals surface area contributed by atoms with Crippen LogP contribution in [0, 0.1) is 0 Å². The van der Waals surface area contributed by atoms with E-state index in [-0.39, 0.29) is 17.5 Å². The maximum atomic E-state index is 12.5. The second-order valence-corrected chi connectivity index (χ2v) is 6.09. The molecule has 0 saturated heterocycles. The highest BCUT2D eigenvalue weighted by Crippen LogP contribution is 2.18. The molecule has 2 aromatic heterocycles. The van der Waals surface area contributed by atoms with Crippen LogP contribution < -0.4 is 16.2 Å². The van der Waals surface area contributed by atoms with Gasteiger partial charge < -0.3 is 20.0 Å². The molecule has 0 bridgehead atoms. The van der Waals surface area contributed by atoms with Gasteiger partial charge in [0.15, 0.2) is 0 Å². The molecule has 0 spiro atoms. The molecule has 0 fully saturated rings. The Morgan fingerprint density at radius 2 is 1.93 bits per heavy atom. The molecule has 7 heteroatoms. The first-order chi connectivity index (χ1) is 12.9. The molecule has 2 amide bonds. The maximum absolute atomic E-state index is 12.5. The summed E-state index contributed by atoms with van der Waals surface area (Å²) in [7, 11) is 0. The van der Waals surface area contributed by atoms with Gasteiger partial charge in [0, 0.05) is 12.6 Å². The van der Waals surface area contributed by atoms with E-state index >= 15 is 0 Å². The summed E-state index contributed by atoms with van der Waals surface area (Å²) in [6.07, 6.45) is 1.50. The summed E-state index contributed by atoms with van der Waals surface area (Å²) in [4.78, 5) is 38.6. The molecule has 138 valence electrons. The van der Waals surface area contributed by atoms with Crippen LogP contribution in [0.1, 0.15) is 35.8 Å². The monoisotopic (exact) mass is 365 g/mol. The first-order valence-corrected chi connectivity index (χ1v) is 8.39. The Bertz CT molecular complexity index is 1020. The van der Waals surface area contributed by atoms with Gasteiger partial charge in [-0.25, -0.2) is 0 Å². The minimum Gasteiger partial charge on any atom is -0.463 e. The summed E-state index contributed by atoms with van der Waals surface area (Å²) in [6, 6.07) is 13.3. The van der Waals surface area contributed by atoms with E-state index in [1.165, 1.54) is 19.3 Å². The van der Waals surface area contributed by atoms with Crippen LogP contribution >= 0.6 is 0 Å². The molecule has 1 aromatic carbocycles. The third-order valence-electron chi connectivity index (χ3n) is 4.00. The number of aromatic amines is 1. The van der Waals surface area contributed by atoms with Crippen molar-refractivity contribution in [3.8, 4) is 11.5 Å². The van der Waals surface area contributed by atoms with Gasteiger partial charge in [-0.15, -0.1) is 0 Å². The van der Waals surface area contributed by atoms with E-state index in [1.54, 1.807) is 43.3 Å². The van der Waals surface area contributed by atoms with E-state index in [0.717, 1.165) is 5.56 Å². The molecule has 2 heterocycles. The van der Waals surface area contributed by atoms with Crippen LogP contribution in [-0.2, 0) is 4.79 Å². The van der Waals surface area contributed by atoms with Crippen molar-refractivity contribution in [1.82, 2.24) is 10.3 Å². The van der Waals surface area contributed by atoms with Gasteiger partial charge >= 0.3 is 0 Å². The summed E-state index contributed by atoms with van der Waals surface area (Å²) >= 11 is 0. The van der Waals surface area contributed by atoms with Crippen LogP contribution in [0.5, 0.6) is 0 Å². The van der Waals surface area contributed by atoms with Crippen LogP contribution in [0.15, 0.2) is 64.0 Å². The Morgan fingerprint density at radius 1 is 1.11 bits per heavy atom. The number of carbonyl (C=O) groups is 2. The van der Waals surface area contributed by atoms with Gasteiger partial charge in [-0.05, 0) is 48.9 Å². The molecule has 0 aliphatic carbocycles. The predicted octanol–water partition coefficient (Wildman–Crippen LogP) is 3.08. The molecule has 0 saturated carbocycles. The molecular weight excluding hydrogens is 346 g/mol. The molecule has 0 aliphatic rings. The number of amides is 2. The van der Waals surface area contributed by atoms with Crippen LogP contribution in [0.3, 0.4) is 0 Å². The van der Waals surface area contributed by atoms with Gasteiger partial charge in [0.25, 0.3) is 11.5 Å². The summed E-state index contributed by atoms with van der Waals surface area (Å²) < 4.78 is 5.24. The van der Waals surface area contributed by atoms with Crippen molar-refractivity contribution in [1.29, 1.82) is 0 Å². The lowest BCUT2D eigenvalue weighted by Crippen LogP contribution is -2.31. The second-order valence-electron chi connectivity index (χ2n) is 6.09. The molecule has 3 N–H and O–H groups in total. The molecule has 27 heavy (non-hydrogen) atoms. The van der Waals surface area contributed by atoms with E-state index in [2.05, 4.69) is 15.6 Å². The molecule has 1 atom stereocenters. The fraction of sp³-hybridized carbons (Fsp3) is 0.150. The minimum atomic E-state index is -0.499. The molecule has 3 aromatic rings. The van der Waals surface area contributed by atoms with Gasteiger partial charge in [-0.3, -0.25) is 14.4 Å². The highest BCUT2D eigenvalue weighted by molar-refractivity contribution is 5.94. The first-order valence-electron chi connectivity index (χ1n) is 8.39. The smallest absolute Gasteiger partial charge is 0.261 e. The fourth-order valence-corrected chi connectivity index (χ4v) is 2.67. The summed E-state index contributed by atoms with van der Waals surface area (Å²) in [6.45, 7) is 3.23. The first kappa shape index (κ1) is 18.2. The molecule has 0 aliphatic heterocycles. The highest BCUT2D eigenvalue weighted by atomic mass is 16.3. The number of furan rings is 1. The number of carbonyl (C=O) groups excluding carboxylic acids is 2. The Labute approximate surface area is 155 Å². The van der Waals surface area contributed by atoms with Crippen molar-refractivity contribution in [3.63, 3.8) is 0 Å². The lowest BCUT2D eigenvalue weighted by atomic mass is 10.1. The standard InChI is InChI=1S/C20H19N3O4/c1-12(14-5-3-6-15(11-14)22-13(2)24)21-19(25)16-8-9-17(23-20(16)26)18-7-4-10-27-18/h3-12H,1-2H3,(H,21,25)(H,22,24)(H,23,26). The number of hydrogen-bond acceptors (Lipinski definition) is 4. The van der Waals surface area contributed by atoms with E-state index in [1.807, 2.05) is 6.07 Å². The largest absolute Gasteiger partial charge is 0.463 e. The Morgan fingerprint density at radius 3 is 2.59 bits per heavy atom. The van der Waals surface area contributed by atoms with Crippen molar-refractivity contribution in [2.24, 2.45) is 0 Å². The predicted molar refractivity (Wildman–Crippen MR) is 101 cm³/mol. The summed E-state index contributed by atoms with van der Waals surface area (Å²) in [5.41, 5.74) is 1.45. The topological polar surface area (TPSA) is 104 Å². The number of pyridine rings is 1. The highest BCUT2D eigenvalue weighted by Gasteiger charge is 2.16. The molecule has 1 unspecified atom stereocenters. The van der Waals surface area contributed by atoms with Crippen molar-refractivity contribution < 1.29 is 14.0 Å². The average Bonchev–Trinajstić information content (AvgIpc) is 3.15. The summed E-state index contributed by atoms with van der Waals surface area (Å²) in [5, 5.41) is 5.49. The Balaban J connectivity index is 1.75. The molecule has 3 rings (SSSR count). The van der Waals surface area contributed by atoms with Crippen LogP contribution in [0.4, 0.5) is 5.69 Å². The van der Waals surface area contributed by atoms with Gasteiger partial charge in [0.1, 0.15) is 11.3 Å². The van der Waals surface area contributed by atoms with Crippen molar-refractivity contribution in [3.05, 3.63) is 76.3 Å². The van der Waals surface area contributed by atoms with Gasteiger partial charge in [-0.2, -0.15) is 0 Å². The fourth-order valence-electron chi connectivity index (χ4n) is 2.67. The molecule has 7 nitrogen and oxygen atoms in total. The van der Waals surface area contributed by atoms with E-state index in [9.17, 15) is 14.4 Å². The zero-order valence-corrected chi connectivity index (χ0v) is 14.9. The number of aromatic nitrogens is 1. The van der Waals surface area contributed by atoms with Crippen LogP contribution in [0.25, 0.3) is 11.5 Å². The number of benzene rings is 1. The van der Waals surface area contributed by atoms with Crippen LogP contribution in [0.2, 0.25) is 0 Å².